The zero-order valence-corrected chi connectivity index (χ0v) is 11.3. The average molecular weight is 243 g/mol. The minimum atomic E-state index is 0.534. The van der Waals surface area contributed by atoms with Gasteiger partial charge in [0.15, 0.2) is 0 Å². The molecule has 7 atom stereocenters. The standard InChI is InChI=1S/C17H25N/c18-16-8-14-12-3-1-2-10(12)4-6-13(14)15-7-5-11-9-17(11,15)16/h8,10-15H,1-7,9,18H2. The van der Waals surface area contributed by atoms with Crippen LogP contribution in [0, 0.1) is 40.9 Å². The van der Waals surface area contributed by atoms with Gasteiger partial charge in [-0.2, -0.15) is 0 Å². The number of fused-ring (bicyclic) bond motifs is 4. The molecule has 4 saturated carbocycles. The molecule has 1 spiro atoms. The number of allylic oxidation sites excluding steroid dienone is 2. The van der Waals surface area contributed by atoms with E-state index < -0.39 is 0 Å². The van der Waals surface area contributed by atoms with Crippen molar-refractivity contribution in [1.29, 1.82) is 0 Å². The molecule has 1 nitrogen and oxygen atoms in total. The van der Waals surface area contributed by atoms with Gasteiger partial charge < -0.3 is 5.73 Å². The van der Waals surface area contributed by atoms with Gasteiger partial charge in [-0.1, -0.05) is 18.9 Å². The van der Waals surface area contributed by atoms with Gasteiger partial charge in [-0.3, -0.25) is 0 Å². The van der Waals surface area contributed by atoms with E-state index in [1.807, 2.05) is 0 Å². The highest BCUT2D eigenvalue weighted by Crippen LogP contribution is 2.74. The Balaban J connectivity index is 1.57. The van der Waals surface area contributed by atoms with E-state index in [1.54, 1.807) is 0 Å². The van der Waals surface area contributed by atoms with Crippen molar-refractivity contribution in [2.24, 2.45) is 46.7 Å². The zero-order chi connectivity index (χ0) is 11.9. The van der Waals surface area contributed by atoms with Crippen LogP contribution in [0.4, 0.5) is 0 Å². The molecule has 0 bridgehead atoms. The van der Waals surface area contributed by atoms with Crippen molar-refractivity contribution in [3.05, 3.63) is 11.8 Å². The van der Waals surface area contributed by atoms with Gasteiger partial charge in [0.25, 0.3) is 0 Å². The summed E-state index contributed by atoms with van der Waals surface area (Å²) in [6.45, 7) is 0. The maximum absolute atomic E-state index is 6.55. The van der Waals surface area contributed by atoms with Crippen LogP contribution in [0.2, 0.25) is 0 Å². The summed E-state index contributed by atoms with van der Waals surface area (Å²) in [4.78, 5) is 0. The van der Waals surface area contributed by atoms with Crippen LogP contribution in [0.3, 0.4) is 0 Å². The van der Waals surface area contributed by atoms with Crippen LogP contribution in [0.25, 0.3) is 0 Å². The minimum absolute atomic E-state index is 0.534. The van der Waals surface area contributed by atoms with Crippen molar-refractivity contribution in [3.63, 3.8) is 0 Å². The maximum Gasteiger partial charge on any atom is 0.0158 e. The van der Waals surface area contributed by atoms with Crippen molar-refractivity contribution < 1.29 is 0 Å². The second-order valence-corrected chi connectivity index (χ2v) is 7.92. The third-order valence-electron chi connectivity index (χ3n) is 7.64. The van der Waals surface area contributed by atoms with Crippen LogP contribution in [0.15, 0.2) is 11.8 Å². The smallest absolute Gasteiger partial charge is 0.0158 e. The fourth-order valence-corrected chi connectivity index (χ4v) is 6.89. The van der Waals surface area contributed by atoms with E-state index in [1.165, 1.54) is 57.1 Å². The van der Waals surface area contributed by atoms with Gasteiger partial charge in [0.1, 0.15) is 0 Å². The first-order valence-electron chi connectivity index (χ1n) is 8.28. The van der Waals surface area contributed by atoms with E-state index in [0.29, 0.717) is 5.41 Å². The molecule has 0 aromatic carbocycles. The molecule has 5 aliphatic carbocycles. The third-order valence-corrected chi connectivity index (χ3v) is 7.64. The molecule has 0 aliphatic heterocycles. The van der Waals surface area contributed by atoms with E-state index in [4.69, 9.17) is 5.73 Å². The van der Waals surface area contributed by atoms with E-state index in [0.717, 1.165) is 35.5 Å². The molecular formula is C17H25N. The first-order chi connectivity index (χ1) is 8.80. The van der Waals surface area contributed by atoms with Gasteiger partial charge >= 0.3 is 0 Å². The Morgan fingerprint density at radius 2 is 1.94 bits per heavy atom. The normalized spacial score (nSPS) is 60.3. The summed E-state index contributed by atoms with van der Waals surface area (Å²) in [5.41, 5.74) is 8.42. The number of nitrogens with two attached hydrogens (primary N) is 1. The van der Waals surface area contributed by atoms with E-state index in [9.17, 15) is 0 Å². The van der Waals surface area contributed by atoms with Gasteiger partial charge in [-0.05, 0) is 74.0 Å². The van der Waals surface area contributed by atoms with E-state index in [-0.39, 0.29) is 0 Å². The summed E-state index contributed by atoms with van der Waals surface area (Å²) in [7, 11) is 0. The van der Waals surface area contributed by atoms with Gasteiger partial charge in [-0.15, -0.1) is 0 Å². The second-order valence-electron chi connectivity index (χ2n) is 7.92. The predicted octanol–water partition coefficient (Wildman–Crippen LogP) is 3.70. The molecule has 0 aromatic rings. The quantitative estimate of drug-likeness (QED) is 0.689. The largest absolute Gasteiger partial charge is 0.402 e. The molecule has 0 heterocycles. The van der Waals surface area contributed by atoms with Gasteiger partial charge in [0.05, 0.1) is 0 Å². The Morgan fingerprint density at radius 1 is 1.00 bits per heavy atom. The topological polar surface area (TPSA) is 26.0 Å². The SMILES string of the molecule is NC1=CC2C3CCCC3CCC2C2CCC3CC132. The molecule has 0 amide bonds. The molecule has 5 aliphatic rings. The number of rotatable bonds is 0. The highest BCUT2D eigenvalue weighted by atomic mass is 14.8. The summed E-state index contributed by atoms with van der Waals surface area (Å²) in [6.07, 6.45) is 14.6. The summed E-state index contributed by atoms with van der Waals surface area (Å²) >= 11 is 0. The Hall–Kier alpha value is -0.460. The summed E-state index contributed by atoms with van der Waals surface area (Å²) in [5.74, 6) is 5.93. The molecule has 98 valence electrons. The predicted molar refractivity (Wildman–Crippen MR) is 72.6 cm³/mol. The summed E-state index contributed by atoms with van der Waals surface area (Å²) in [6, 6.07) is 0. The molecule has 4 fully saturated rings. The highest BCUT2D eigenvalue weighted by Gasteiger charge is 2.68. The van der Waals surface area contributed by atoms with Crippen molar-refractivity contribution in [2.45, 2.75) is 51.4 Å². The van der Waals surface area contributed by atoms with Crippen LogP contribution in [-0.4, -0.2) is 0 Å². The van der Waals surface area contributed by atoms with Crippen molar-refractivity contribution in [3.8, 4) is 0 Å². The van der Waals surface area contributed by atoms with Crippen molar-refractivity contribution in [1.82, 2.24) is 0 Å². The first-order valence-corrected chi connectivity index (χ1v) is 8.28. The molecule has 0 aromatic heterocycles. The van der Waals surface area contributed by atoms with Gasteiger partial charge in [-0.25, -0.2) is 0 Å². The lowest BCUT2D eigenvalue weighted by Crippen LogP contribution is -2.42. The van der Waals surface area contributed by atoms with Crippen LogP contribution in [0.1, 0.15) is 51.4 Å². The number of hydrogen-bond donors (Lipinski definition) is 1. The number of hydrogen-bond acceptors (Lipinski definition) is 1. The zero-order valence-electron chi connectivity index (χ0n) is 11.3. The molecule has 0 radical (unpaired) electrons. The van der Waals surface area contributed by atoms with Crippen LogP contribution in [0.5, 0.6) is 0 Å². The third kappa shape index (κ3) is 1.03. The molecular weight excluding hydrogens is 218 g/mol. The molecule has 7 unspecified atom stereocenters. The van der Waals surface area contributed by atoms with E-state index in [2.05, 4.69) is 6.08 Å². The van der Waals surface area contributed by atoms with Crippen LogP contribution in [-0.2, 0) is 0 Å². The Morgan fingerprint density at radius 3 is 2.83 bits per heavy atom. The van der Waals surface area contributed by atoms with E-state index >= 15 is 0 Å². The second kappa shape index (κ2) is 3.16. The Labute approximate surface area is 110 Å². The average Bonchev–Trinajstić information content (AvgIpc) is 2.75. The van der Waals surface area contributed by atoms with Crippen LogP contribution >= 0.6 is 0 Å². The molecule has 1 heteroatoms. The first kappa shape index (κ1) is 10.3. The molecule has 2 N–H and O–H groups in total. The maximum atomic E-state index is 6.55. The monoisotopic (exact) mass is 243 g/mol. The highest BCUT2D eigenvalue weighted by molar-refractivity contribution is 5.33. The molecule has 0 saturated heterocycles. The summed E-state index contributed by atoms with van der Waals surface area (Å²) in [5, 5.41) is 0. The summed E-state index contributed by atoms with van der Waals surface area (Å²) < 4.78 is 0. The molecule has 5 rings (SSSR count). The fraction of sp³-hybridized carbons (Fsp3) is 0.882. The van der Waals surface area contributed by atoms with Crippen LogP contribution < -0.4 is 5.73 Å². The Kier molecular flexibility index (Phi) is 1.82. The minimum Gasteiger partial charge on any atom is -0.402 e. The lowest BCUT2D eigenvalue weighted by Gasteiger charge is -2.48. The van der Waals surface area contributed by atoms with Crippen molar-refractivity contribution >= 4 is 0 Å². The van der Waals surface area contributed by atoms with Gasteiger partial charge in [0, 0.05) is 11.1 Å². The lowest BCUT2D eigenvalue weighted by atomic mass is 9.57. The Bertz CT molecular complexity index is 425. The van der Waals surface area contributed by atoms with Crippen molar-refractivity contribution in [2.75, 3.05) is 0 Å². The fourth-order valence-electron chi connectivity index (χ4n) is 6.89. The van der Waals surface area contributed by atoms with Gasteiger partial charge in [0.2, 0.25) is 0 Å². The molecule has 18 heavy (non-hydrogen) atoms. The lowest BCUT2D eigenvalue weighted by molar-refractivity contribution is 0.0633.